The Kier molecular flexibility index (Phi) is 5.78. The van der Waals surface area contributed by atoms with Crippen LogP contribution in [0.3, 0.4) is 0 Å². The van der Waals surface area contributed by atoms with E-state index in [1.165, 1.54) is 22.9 Å². The average molecular weight is 366 g/mol. The van der Waals surface area contributed by atoms with Crippen LogP contribution in [0.2, 0.25) is 0 Å². The Hall–Kier alpha value is -2.53. The summed E-state index contributed by atoms with van der Waals surface area (Å²) >= 11 is 1.45. The summed E-state index contributed by atoms with van der Waals surface area (Å²) in [5.74, 6) is 0.308. The van der Waals surface area contributed by atoms with Crippen LogP contribution < -0.4 is 5.32 Å². The van der Waals surface area contributed by atoms with Gasteiger partial charge in [0.1, 0.15) is 0 Å². The van der Waals surface area contributed by atoms with Gasteiger partial charge >= 0.3 is 0 Å². The summed E-state index contributed by atoms with van der Waals surface area (Å²) in [7, 11) is 0. The molecular weight excluding hydrogens is 342 g/mol. The number of hydrogen-bond donors (Lipinski definition) is 1. The van der Waals surface area contributed by atoms with Gasteiger partial charge in [-0.05, 0) is 49.6 Å². The zero-order chi connectivity index (χ0) is 18.5. The maximum absolute atomic E-state index is 12.3. The number of anilines is 1. The first-order chi connectivity index (χ1) is 12.5. The van der Waals surface area contributed by atoms with Crippen LogP contribution in [0.25, 0.3) is 0 Å². The number of imidazole rings is 1. The number of rotatable bonds is 6. The lowest BCUT2D eigenvalue weighted by molar-refractivity contribution is -0.113. The minimum absolute atomic E-state index is 0.0233. The lowest BCUT2D eigenvalue weighted by Gasteiger charge is -2.09. The minimum atomic E-state index is -0.0233. The molecule has 1 N–H and O–H groups in total. The third-order valence-electron chi connectivity index (χ3n) is 3.99. The van der Waals surface area contributed by atoms with Gasteiger partial charge in [0.05, 0.1) is 5.75 Å². The fraction of sp³-hybridized carbons (Fsp3) is 0.238. The van der Waals surface area contributed by atoms with Crippen molar-refractivity contribution in [3.05, 3.63) is 77.1 Å². The molecule has 0 saturated carbocycles. The maximum atomic E-state index is 12.3. The molecule has 1 amide bonds. The van der Waals surface area contributed by atoms with Gasteiger partial charge in [-0.15, -0.1) is 0 Å². The van der Waals surface area contributed by atoms with E-state index >= 15 is 0 Å². The van der Waals surface area contributed by atoms with Crippen LogP contribution >= 0.6 is 11.8 Å². The van der Waals surface area contributed by atoms with E-state index in [0.717, 1.165) is 28.5 Å². The average Bonchev–Trinajstić information content (AvgIpc) is 3.01. The molecule has 4 nitrogen and oxygen atoms in total. The van der Waals surface area contributed by atoms with Gasteiger partial charge in [-0.1, -0.05) is 47.7 Å². The van der Waals surface area contributed by atoms with Gasteiger partial charge in [0.25, 0.3) is 0 Å². The van der Waals surface area contributed by atoms with E-state index < -0.39 is 0 Å². The number of thioether (sulfide) groups is 1. The molecule has 0 radical (unpaired) electrons. The Balaban J connectivity index is 1.59. The normalized spacial score (nSPS) is 10.7. The van der Waals surface area contributed by atoms with E-state index in [4.69, 9.17) is 0 Å². The van der Waals surface area contributed by atoms with Crippen LogP contribution in [0.15, 0.2) is 60.0 Å². The highest BCUT2D eigenvalue weighted by Gasteiger charge is 2.09. The second kappa shape index (κ2) is 8.23. The highest BCUT2D eigenvalue weighted by atomic mass is 32.2. The fourth-order valence-corrected chi connectivity index (χ4v) is 3.58. The van der Waals surface area contributed by atoms with Gasteiger partial charge in [0.2, 0.25) is 5.91 Å². The smallest absolute Gasteiger partial charge is 0.234 e. The molecule has 0 atom stereocenters. The lowest BCUT2D eigenvalue weighted by atomic mass is 10.1. The van der Waals surface area contributed by atoms with Gasteiger partial charge in [-0.2, -0.15) is 0 Å². The standard InChI is InChI=1S/C21H23N3OS/c1-15-4-6-18(7-5-15)13-24-9-8-22-21(24)26-14-20(25)23-19-11-16(2)10-17(3)12-19/h4-12H,13-14H2,1-3H3,(H,23,25). The largest absolute Gasteiger partial charge is 0.325 e. The van der Waals surface area contributed by atoms with Crippen LogP contribution in [0.5, 0.6) is 0 Å². The molecule has 0 fully saturated rings. The molecule has 0 unspecified atom stereocenters. The number of carbonyl (C=O) groups excluding carboxylic acids is 1. The minimum Gasteiger partial charge on any atom is -0.325 e. The molecule has 0 saturated heterocycles. The topological polar surface area (TPSA) is 46.9 Å². The van der Waals surface area contributed by atoms with Crippen molar-refractivity contribution in [3.8, 4) is 0 Å². The Morgan fingerprint density at radius 3 is 2.42 bits per heavy atom. The van der Waals surface area contributed by atoms with Crippen molar-refractivity contribution in [3.63, 3.8) is 0 Å². The molecule has 3 rings (SSSR count). The molecule has 0 bridgehead atoms. The van der Waals surface area contributed by atoms with Crippen molar-refractivity contribution in [2.75, 3.05) is 11.1 Å². The second-order valence-corrected chi connectivity index (χ2v) is 7.48. The van der Waals surface area contributed by atoms with Gasteiger partial charge in [-0.25, -0.2) is 4.98 Å². The molecular formula is C21H23N3OS. The SMILES string of the molecule is Cc1ccc(Cn2ccnc2SCC(=O)Nc2cc(C)cc(C)c2)cc1. The fourth-order valence-electron chi connectivity index (χ4n) is 2.82. The molecule has 3 aromatic rings. The van der Waals surface area contributed by atoms with Crippen molar-refractivity contribution >= 4 is 23.4 Å². The molecule has 134 valence electrons. The number of amides is 1. The predicted octanol–water partition coefficient (Wildman–Crippen LogP) is 4.59. The number of carbonyl (C=O) groups is 1. The molecule has 0 aliphatic heterocycles. The molecule has 0 aliphatic carbocycles. The van der Waals surface area contributed by atoms with Gasteiger partial charge in [0.15, 0.2) is 5.16 Å². The predicted molar refractivity (Wildman–Crippen MR) is 108 cm³/mol. The first kappa shape index (κ1) is 18.3. The van der Waals surface area contributed by atoms with Crippen molar-refractivity contribution < 1.29 is 4.79 Å². The Labute approximate surface area is 158 Å². The monoisotopic (exact) mass is 365 g/mol. The van der Waals surface area contributed by atoms with E-state index in [9.17, 15) is 4.79 Å². The van der Waals surface area contributed by atoms with E-state index in [1.807, 2.05) is 32.2 Å². The second-order valence-electron chi connectivity index (χ2n) is 6.54. The van der Waals surface area contributed by atoms with Gasteiger partial charge in [-0.3, -0.25) is 4.79 Å². The number of benzene rings is 2. The number of aryl methyl sites for hydroxylation is 3. The summed E-state index contributed by atoms with van der Waals surface area (Å²) in [5.41, 5.74) is 5.59. The molecule has 1 aromatic heterocycles. The van der Waals surface area contributed by atoms with Gasteiger partial charge < -0.3 is 9.88 Å². The highest BCUT2D eigenvalue weighted by Crippen LogP contribution is 2.19. The molecule has 26 heavy (non-hydrogen) atoms. The first-order valence-corrected chi connectivity index (χ1v) is 9.56. The Morgan fingerprint density at radius 2 is 1.73 bits per heavy atom. The zero-order valence-corrected chi connectivity index (χ0v) is 16.1. The van der Waals surface area contributed by atoms with E-state index in [0.29, 0.717) is 5.75 Å². The zero-order valence-electron chi connectivity index (χ0n) is 15.3. The Morgan fingerprint density at radius 1 is 1.04 bits per heavy atom. The summed E-state index contributed by atoms with van der Waals surface area (Å²) in [6.07, 6.45) is 3.72. The molecule has 0 aliphatic rings. The molecule has 2 aromatic carbocycles. The van der Waals surface area contributed by atoms with E-state index in [2.05, 4.69) is 52.1 Å². The number of nitrogens with zero attached hydrogens (tertiary/aromatic N) is 2. The quantitative estimate of drug-likeness (QED) is 0.650. The summed E-state index contributed by atoms with van der Waals surface area (Å²) in [5, 5.41) is 3.81. The van der Waals surface area contributed by atoms with Gasteiger partial charge in [0, 0.05) is 24.6 Å². The van der Waals surface area contributed by atoms with Crippen LogP contribution in [-0.2, 0) is 11.3 Å². The van der Waals surface area contributed by atoms with Crippen LogP contribution in [0, 0.1) is 20.8 Å². The van der Waals surface area contributed by atoms with Crippen LogP contribution in [0.1, 0.15) is 22.3 Å². The summed E-state index contributed by atoms with van der Waals surface area (Å²) in [6, 6.07) is 14.5. The van der Waals surface area contributed by atoms with E-state index in [-0.39, 0.29) is 5.91 Å². The van der Waals surface area contributed by atoms with Crippen LogP contribution in [-0.4, -0.2) is 21.2 Å². The third-order valence-corrected chi connectivity index (χ3v) is 4.99. The molecule has 0 spiro atoms. The number of hydrogen-bond acceptors (Lipinski definition) is 3. The summed E-state index contributed by atoms with van der Waals surface area (Å²) in [6.45, 7) is 6.89. The lowest BCUT2D eigenvalue weighted by Crippen LogP contribution is -2.15. The molecule has 1 heterocycles. The van der Waals surface area contributed by atoms with Crippen LogP contribution in [0.4, 0.5) is 5.69 Å². The number of nitrogens with one attached hydrogen (secondary N) is 1. The highest BCUT2D eigenvalue weighted by molar-refractivity contribution is 7.99. The Bertz CT molecular complexity index is 880. The van der Waals surface area contributed by atoms with Crippen molar-refractivity contribution in [2.24, 2.45) is 0 Å². The summed E-state index contributed by atoms with van der Waals surface area (Å²) < 4.78 is 2.07. The first-order valence-electron chi connectivity index (χ1n) is 8.57. The van der Waals surface area contributed by atoms with E-state index in [1.54, 1.807) is 6.20 Å². The van der Waals surface area contributed by atoms with Crippen molar-refractivity contribution in [1.82, 2.24) is 9.55 Å². The third kappa shape index (κ3) is 4.99. The van der Waals surface area contributed by atoms with Crippen molar-refractivity contribution in [2.45, 2.75) is 32.5 Å². The maximum Gasteiger partial charge on any atom is 0.234 e. The number of aromatic nitrogens is 2. The summed E-state index contributed by atoms with van der Waals surface area (Å²) in [4.78, 5) is 16.7. The van der Waals surface area contributed by atoms with Crippen molar-refractivity contribution in [1.29, 1.82) is 0 Å². The molecule has 5 heteroatoms.